The van der Waals surface area contributed by atoms with E-state index in [-0.39, 0.29) is 24.4 Å². The summed E-state index contributed by atoms with van der Waals surface area (Å²) in [6, 6.07) is 13.2. The van der Waals surface area contributed by atoms with E-state index in [2.05, 4.69) is 20.2 Å². The molecule has 4 rings (SSSR count). The standard InChI is InChI=1S/C29H34N4O5/c1-4-37-24-9-5-6-10-25(24)38-22-8-7-15-33(19-22)27-18-30-17-26(31-27)32-28(34)14-12-21-11-13-23(20(2)16-21)29(35)36-3/h5-6,9-11,13,16-18,22H,4,7-8,12,14-15,19H2,1-3H3,(H,31,32,34)/t22-/m1/s1. The van der Waals surface area contributed by atoms with Crippen molar-refractivity contribution in [2.75, 3.05) is 37.0 Å². The van der Waals surface area contributed by atoms with Crippen LogP contribution in [0.5, 0.6) is 11.5 Å². The highest BCUT2D eigenvalue weighted by Crippen LogP contribution is 2.30. The van der Waals surface area contributed by atoms with Gasteiger partial charge in [0, 0.05) is 13.0 Å². The molecule has 2 heterocycles. The lowest BCUT2D eigenvalue weighted by Gasteiger charge is -2.33. The molecule has 9 nitrogen and oxygen atoms in total. The minimum atomic E-state index is -0.368. The van der Waals surface area contributed by atoms with Crippen LogP contribution in [-0.4, -0.2) is 54.8 Å². The maximum Gasteiger partial charge on any atom is 0.338 e. The van der Waals surface area contributed by atoms with Gasteiger partial charge in [0.1, 0.15) is 11.9 Å². The van der Waals surface area contributed by atoms with Crippen molar-refractivity contribution in [3.05, 3.63) is 71.5 Å². The first-order valence-electron chi connectivity index (χ1n) is 12.9. The number of para-hydroxylation sites is 2. The lowest BCUT2D eigenvalue weighted by molar-refractivity contribution is -0.116. The van der Waals surface area contributed by atoms with E-state index >= 15 is 0 Å². The molecule has 0 saturated carbocycles. The fraction of sp³-hybridized carbons (Fsp3) is 0.379. The van der Waals surface area contributed by atoms with Crippen molar-refractivity contribution in [3.8, 4) is 11.5 Å². The van der Waals surface area contributed by atoms with Gasteiger partial charge in [-0.3, -0.25) is 9.78 Å². The van der Waals surface area contributed by atoms with Gasteiger partial charge in [-0.1, -0.05) is 24.3 Å². The molecular weight excluding hydrogens is 484 g/mol. The quantitative estimate of drug-likeness (QED) is 0.389. The molecule has 1 fully saturated rings. The van der Waals surface area contributed by atoms with Gasteiger partial charge in [-0.25, -0.2) is 9.78 Å². The number of aromatic nitrogens is 2. The van der Waals surface area contributed by atoms with Crippen LogP contribution in [0.1, 0.15) is 47.7 Å². The third-order valence-corrected chi connectivity index (χ3v) is 6.37. The van der Waals surface area contributed by atoms with E-state index in [1.165, 1.54) is 7.11 Å². The second kappa shape index (κ2) is 12.9. The largest absolute Gasteiger partial charge is 0.490 e. The number of rotatable bonds is 10. The Kier molecular flexibility index (Phi) is 9.13. The first kappa shape index (κ1) is 26.9. The van der Waals surface area contributed by atoms with Crippen LogP contribution in [0.4, 0.5) is 11.6 Å². The number of nitrogens with zero attached hydrogens (tertiary/aromatic N) is 3. The number of nitrogens with one attached hydrogen (secondary N) is 1. The fourth-order valence-electron chi connectivity index (χ4n) is 4.50. The highest BCUT2D eigenvalue weighted by molar-refractivity contribution is 5.91. The second-order valence-corrected chi connectivity index (χ2v) is 9.16. The van der Waals surface area contributed by atoms with E-state index < -0.39 is 0 Å². The summed E-state index contributed by atoms with van der Waals surface area (Å²) >= 11 is 0. The van der Waals surface area contributed by atoms with E-state index in [0.717, 1.165) is 42.0 Å². The second-order valence-electron chi connectivity index (χ2n) is 9.16. The smallest absolute Gasteiger partial charge is 0.338 e. The number of carbonyl (C=O) groups is 2. The zero-order valence-electron chi connectivity index (χ0n) is 22.1. The number of esters is 1. The van der Waals surface area contributed by atoms with Gasteiger partial charge in [0.2, 0.25) is 5.91 Å². The molecule has 1 N–H and O–H groups in total. The number of hydrogen-bond acceptors (Lipinski definition) is 8. The molecule has 0 unspecified atom stereocenters. The third-order valence-electron chi connectivity index (χ3n) is 6.37. The van der Waals surface area contributed by atoms with Gasteiger partial charge in [0.05, 0.1) is 38.2 Å². The van der Waals surface area contributed by atoms with Crippen molar-refractivity contribution < 1.29 is 23.8 Å². The monoisotopic (exact) mass is 518 g/mol. The number of carbonyl (C=O) groups excluding carboxylic acids is 2. The number of hydrogen-bond donors (Lipinski definition) is 1. The number of ether oxygens (including phenoxy) is 3. The van der Waals surface area contributed by atoms with Crippen LogP contribution < -0.4 is 19.7 Å². The van der Waals surface area contributed by atoms with E-state index in [0.29, 0.717) is 36.8 Å². The fourth-order valence-corrected chi connectivity index (χ4v) is 4.50. The van der Waals surface area contributed by atoms with Crippen molar-refractivity contribution in [3.63, 3.8) is 0 Å². The van der Waals surface area contributed by atoms with Crippen molar-refractivity contribution in [2.45, 2.75) is 45.6 Å². The summed E-state index contributed by atoms with van der Waals surface area (Å²) in [5.74, 6) is 2.07. The number of anilines is 2. The van der Waals surface area contributed by atoms with Crippen LogP contribution in [0, 0.1) is 6.92 Å². The van der Waals surface area contributed by atoms with E-state index in [4.69, 9.17) is 14.2 Å². The third kappa shape index (κ3) is 7.00. The van der Waals surface area contributed by atoms with E-state index in [9.17, 15) is 9.59 Å². The molecule has 9 heteroatoms. The summed E-state index contributed by atoms with van der Waals surface area (Å²) in [5.41, 5.74) is 2.31. The normalized spacial score (nSPS) is 15.0. The predicted molar refractivity (Wildman–Crippen MR) is 145 cm³/mol. The topological polar surface area (TPSA) is 103 Å². The molecule has 3 aromatic rings. The molecule has 0 radical (unpaired) electrons. The Morgan fingerprint density at radius 2 is 1.95 bits per heavy atom. The van der Waals surface area contributed by atoms with Gasteiger partial charge >= 0.3 is 5.97 Å². The first-order chi connectivity index (χ1) is 18.5. The zero-order chi connectivity index (χ0) is 26.9. The molecule has 38 heavy (non-hydrogen) atoms. The SMILES string of the molecule is CCOc1ccccc1O[C@@H]1CCCN(c2cncc(NC(=O)CCc3ccc(C(=O)OC)c(C)c3)n2)C1. The van der Waals surface area contributed by atoms with Crippen LogP contribution in [0.15, 0.2) is 54.9 Å². The summed E-state index contributed by atoms with van der Waals surface area (Å²) in [6.45, 7) is 5.87. The van der Waals surface area contributed by atoms with Crippen molar-refractivity contribution in [2.24, 2.45) is 0 Å². The minimum absolute atomic E-state index is 0.0144. The maximum absolute atomic E-state index is 12.6. The van der Waals surface area contributed by atoms with Gasteiger partial charge < -0.3 is 24.4 Å². The Balaban J connectivity index is 1.33. The molecule has 1 atom stereocenters. The van der Waals surface area contributed by atoms with E-state index in [1.807, 2.05) is 50.2 Å². The molecule has 1 amide bonds. The Morgan fingerprint density at radius 1 is 1.13 bits per heavy atom. The number of methoxy groups -OCH3 is 1. The molecular formula is C29H34N4O5. The number of benzene rings is 2. The number of aryl methyl sites for hydroxylation is 2. The van der Waals surface area contributed by atoms with Gasteiger partial charge in [-0.15, -0.1) is 0 Å². The van der Waals surface area contributed by atoms with Crippen LogP contribution in [0.25, 0.3) is 0 Å². The molecule has 1 aromatic heterocycles. The van der Waals surface area contributed by atoms with Gasteiger partial charge in [-0.05, 0) is 62.4 Å². The van der Waals surface area contributed by atoms with E-state index in [1.54, 1.807) is 18.5 Å². The Bertz CT molecular complexity index is 1270. The van der Waals surface area contributed by atoms with Crippen LogP contribution in [0.2, 0.25) is 0 Å². The van der Waals surface area contributed by atoms with Crippen molar-refractivity contribution in [1.29, 1.82) is 0 Å². The number of amides is 1. The average Bonchev–Trinajstić information content (AvgIpc) is 2.93. The summed E-state index contributed by atoms with van der Waals surface area (Å²) < 4.78 is 16.8. The highest BCUT2D eigenvalue weighted by atomic mass is 16.5. The molecule has 1 aliphatic heterocycles. The molecule has 0 aliphatic carbocycles. The molecule has 0 bridgehead atoms. The van der Waals surface area contributed by atoms with Gasteiger partial charge in [-0.2, -0.15) is 0 Å². The van der Waals surface area contributed by atoms with Crippen molar-refractivity contribution >= 4 is 23.5 Å². The summed E-state index contributed by atoms with van der Waals surface area (Å²) in [4.78, 5) is 35.5. The molecule has 0 spiro atoms. The number of piperidine rings is 1. The lowest BCUT2D eigenvalue weighted by Crippen LogP contribution is -2.41. The minimum Gasteiger partial charge on any atom is -0.490 e. The van der Waals surface area contributed by atoms with Crippen LogP contribution >= 0.6 is 0 Å². The average molecular weight is 519 g/mol. The molecule has 1 aliphatic rings. The maximum atomic E-state index is 12.6. The first-order valence-corrected chi connectivity index (χ1v) is 12.9. The van der Waals surface area contributed by atoms with Gasteiger partial charge in [0.15, 0.2) is 17.3 Å². The predicted octanol–water partition coefficient (Wildman–Crippen LogP) is 4.59. The highest BCUT2D eigenvalue weighted by Gasteiger charge is 2.24. The Morgan fingerprint density at radius 3 is 2.71 bits per heavy atom. The molecule has 1 saturated heterocycles. The van der Waals surface area contributed by atoms with Gasteiger partial charge in [0.25, 0.3) is 0 Å². The Labute approximate surface area is 223 Å². The lowest BCUT2D eigenvalue weighted by atomic mass is 10.0. The van der Waals surface area contributed by atoms with Crippen molar-refractivity contribution in [1.82, 2.24) is 9.97 Å². The van der Waals surface area contributed by atoms with Crippen LogP contribution in [0.3, 0.4) is 0 Å². The zero-order valence-corrected chi connectivity index (χ0v) is 22.1. The molecule has 200 valence electrons. The van der Waals surface area contributed by atoms with Crippen LogP contribution in [-0.2, 0) is 16.0 Å². The summed E-state index contributed by atoms with van der Waals surface area (Å²) in [5, 5.41) is 2.86. The summed E-state index contributed by atoms with van der Waals surface area (Å²) in [7, 11) is 1.36. The molecule has 2 aromatic carbocycles. The Hall–Kier alpha value is -4.14. The summed E-state index contributed by atoms with van der Waals surface area (Å²) in [6.07, 6.45) is 5.94.